The lowest BCUT2D eigenvalue weighted by Crippen LogP contribution is -2.28. The number of nitrogens with one attached hydrogen (secondary N) is 1. The molecule has 0 spiro atoms. The second-order valence-corrected chi connectivity index (χ2v) is 8.65. The van der Waals surface area contributed by atoms with Crippen LogP contribution in [0.25, 0.3) is 0 Å². The van der Waals surface area contributed by atoms with Gasteiger partial charge >= 0.3 is 0 Å². The molecule has 2 rings (SSSR count). The smallest absolute Gasteiger partial charge is 0.244 e. The first kappa shape index (κ1) is 22.0. The van der Waals surface area contributed by atoms with Gasteiger partial charge in [0, 0.05) is 12.1 Å². The van der Waals surface area contributed by atoms with Crippen LogP contribution in [0.15, 0.2) is 35.2 Å². The summed E-state index contributed by atoms with van der Waals surface area (Å²) in [5, 5.41) is 0. The average molecular weight is 408 g/mol. The molecule has 0 aliphatic heterocycles. The van der Waals surface area contributed by atoms with Crippen LogP contribution in [0.5, 0.6) is 17.2 Å². The molecule has 0 fully saturated rings. The van der Waals surface area contributed by atoms with Gasteiger partial charge in [0.15, 0.2) is 0 Å². The molecule has 2 aromatic rings. The third-order valence-corrected chi connectivity index (χ3v) is 6.26. The Morgan fingerprint density at radius 2 is 1.50 bits per heavy atom. The lowest BCUT2D eigenvalue weighted by Gasteiger charge is -2.21. The molecule has 1 N–H and O–H groups in total. The summed E-state index contributed by atoms with van der Waals surface area (Å²) in [6.45, 7) is 7.92. The summed E-state index contributed by atoms with van der Waals surface area (Å²) >= 11 is 0. The molecule has 2 aromatic carbocycles. The first-order chi connectivity index (χ1) is 13.1. The highest BCUT2D eigenvalue weighted by atomic mass is 32.2. The highest BCUT2D eigenvalue weighted by Crippen LogP contribution is 2.34. The van der Waals surface area contributed by atoms with Crippen LogP contribution < -0.4 is 18.9 Å². The Bertz CT molecular complexity index is 938. The van der Waals surface area contributed by atoms with Crippen LogP contribution in [0, 0.1) is 6.92 Å². The van der Waals surface area contributed by atoms with Gasteiger partial charge in [0.2, 0.25) is 10.0 Å². The quantitative estimate of drug-likeness (QED) is 0.710. The molecule has 0 radical (unpaired) electrons. The Labute approximate surface area is 167 Å². The van der Waals surface area contributed by atoms with Gasteiger partial charge in [0.05, 0.1) is 21.3 Å². The van der Waals surface area contributed by atoms with Crippen LogP contribution in [-0.4, -0.2) is 29.7 Å². The van der Waals surface area contributed by atoms with Gasteiger partial charge in [-0.25, -0.2) is 13.1 Å². The van der Waals surface area contributed by atoms with E-state index in [1.807, 2.05) is 26.0 Å². The second-order valence-electron chi connectivity index (χ2n) is 6.97. The minimum absolute atomic E-state index is 0.0384. The molecule has 0 aliphatic carbocycles. The highest BCUT2D eigenvalue weighted by molar-refractivity contribution is 7.89. The van der Waals surface area contributed by atoms with Crippen molar-refractivity contribution >= 4 is 10.0 Å². The molecule has 0 unspecified atom stereocenters. The number of rotatable bonds is 8. The van der Waals surface area contributed by atoms with Crippen LogP contribution >= 0.6 is 0 Å². The number of hydrogen-bond donors (Lipinski definition) is 1. The molecular weight excluding hydrogens is 378 g/mol. The molecule has 0 aliphatic rings. The van der Waals surface area contributed by atoms with Crippen LogP contribution in [0.4, 0.5) is 0 Å². The standard InChI is InChI=1S/C21H29NO5S/c1-13(2)17-12-18(14(3)10-20(17)27-7)15(4)22-28(23,24)21-11-16(25-5)8-9-19(21)26-6/h8-13,15,22H,1-7H3/t15-/m1/s1. The van der Waals surface area contributed by atoms with Crippen molar-refractivity contribution in [2.24, 2.45) is 0 Å². The first-order valence-corrected chi connectivity index (χ1v) is 10.6. The largest absolute Gasteiger partial charge is 0.497 e. The van der Waals surface area contributed by atoms with Gasteiger partial charge in [0.1, 0.15) is 22.1 Å². The third kappa shape index (κ3) is 4.59. The third-order valence-electron chi connectivity index (χ3n) is 4.70. The Morgan fingerprint density at radius 1 is 0.857 bits per heavy atom. The van der Waals surface area contributed by atoms with Gasteiger partial charge in [-0.15, -0.1) is 0 Å². The number of aryl methyl sites for hydroxylation is 1. The lowest BCUT2D eigenvalue weighted by atomic mass is 9.94. The fourth-order valence-electron chi connectivity index (χ4n) is 3.16. The molecule has 0 amide bonds. The van der Waals surface area contributed by atoms with E-state index in [0.29, 0.717) is 5.75 Å². The first-order valence-electron chi connectivity index (χ1n) is 9.07. The van der Waals surface area contributed by atoms with E-state index >= 15 is 0 Å². The zero-order chi connectivity index (χ0) is 21.1. The van der Waals surface area contributed by atoms with E-state index in [4.69, 9.17) is 14.2 Å². The summed E-state index contributed by atoms with van der Waals surface area (Å²) in [4.78, 5) is 0.0384. The fraction of sp³-hybridized carbons (Fsp3) is 0.429. The van der Waals surface area contributed by atoms with Crippen LogP contribution in [0.2, 0.25) is 0 Å². The van der Waals surface area contributed by atoms with Gasteiger partial charge < -0.3 is 14.2 Å². The van der Waals surface area contributed by atoms with E-state index in [9.17, 15) is 8.42 Å². The summed E-state index contributed by atoms with van der Waals surface area (Å²) in [5.41, 5.74) is 2.89. The maximum Gasteiger partial charge on any atom is 0.244 e. The number of benzene rings is 2. The monoisotopic (exact) mass is 407 g/mol. The predicted octanol–water partition coefficient (Wildman–Crippen LogP) is 4.18. The minimum atomic E-state index is -3.83. The number of hydrogen-bond acceptors (Lipinski definition) is 5. The molecule has 0 saturated heterocycles. The minimum Gasteiger partial charge on any atom is -0.497 e. The molecule has 0 heterocycles. The summed E-state index contributed by atoms with van der Waals surface area (Å²) < 4.78 is 44.7. The Balaban J connectivity index is 2.44. The van der Waals surface area contributed by atoms with Gasteiger partial charge in [-0.2, -0.15) is 0 Å². The van der Waals surface area contributed by atoms with Crippen molar-refractivity contribution in [3.63, 3.8) is 0 Å². The lowest BCUT2D eigenvalue weighted by molar-refractivity contribution is 0.391. The van der Waals surface area contributed by atoms with E-state index < -0.39 is 16.1 Å². The summed E-state index contributed by atoms with van der Waals surface area (Å²) in [6, 6.07) is 8.20. The van der Waals surface area contributed by atoms with Crippen molar-refractivity contribution in [1.82, 2.24) is 4.72 Å². The number of sulfonamides is 1. The van der Waals surface area contributed by atoms with Crippen molar-refractivity contribution in [2.45, 2.75) is 44.6 Å². The molecule has 7 heteroatoms. The Morgan fingerprint density at radius 3 is 2.04 bits per heavy atom. The van der Waals surface area contributed by atoms with E-state index in [-0.39, 0.29) is 16.6 Å². The number of ether oxygens (including phenoxy) is 3. The maximum atomic E-state index is 13.0. The fourth-order valence-corrected chi connectivity index (χ4v) is 4.57. The second kappa shape index (κ2) is 8.84. The van der Waals surface area contributed by atoms with Gasteiger partial charge in [-0.3, -0.25) is 0 Å². The molecule has 0 aromatic heterocycles. The topological polar surface area (TPSA) is 73.9 Å². The summed E-state index contributed by atoms with van der Waals surface area (Å²) in [6.07, 6.45) is 0. The zero-order valence-corrected chi connectivity index (χ0v) is 18.3. The zero-order valence-electron chi connectivity index (χ0n) is 17.5. The van der Waals surface area contributed by atoms with Crippen LogP contribution in [0.1, 0.15) is 49.4 Å². The number of methoxy groups -OCH3 is 3. The highest BCUT2D eigenvalue weighted by Gasteiger charge is 2.25. The average Bonchev–Trinajstić information content (AvgIpc) is 2.66. The molecule has 0 bridgehead atoms. The van der Waals surface area contributed by atoms with Gasteiger partial charge in [-0.05, 0) is 60.7 Å². The summed E-state index contributed by atoms with van der Waals surface area (Å²) in [7, 11) is 0.731. The van der Waals surface area contributed by atoms with Crippen molar-refractivity contribution < 1.29 is 22.6 Å². The molecule has 154 valence electrons. The molecule has 1 atom stereocenters. The van der Waals surface area contributed by atoms with Crippen molar-refractivity contribution in [3.8, 4) is 17.2 Å². The van der Waals surface area contributed by atoms with Gasteiger partial charge in [0.25, 0.3) is 0 Å². The van der Waals surface area contributed by atoms with Crippen LogP contribution in [-0.2, 0) is 10.0 Å². The van der Waals surface area contributed by atoms with Crippen LogP contribution in [0.3, 0.4) is 0 Å². The summed E-state index contributed by atoms with van der Waals surface area (Å²) in [5.74, 6) is 1.75. The van der Waals surface area contributed by atoms with E-state index in [0.717, 1.165) is 22.4 Å². The maximum absolute atomic E-state index is 13.0. The van der Waals surface area contributed by atoms with Crippen molar-refractivity contribution in [1.29, 1.82) is 0 Å². The molecule has 28 heavy (non-hydrogen) atoms. The van der Waals surface area contributed by atoms with E-state index in [2.05, 4.69) is 18.6 Å². The predicted molar refractivity (Wildman–Crippen MR) is 110 cm³/mol. The normalized spacial score (nSPS) is 12.7. The van der Waals surface area contributed by atoms with E-state index in [1.54, 1.807) is 19.2 Å². The van der Waals surface area contributed by atoms with Gasteiger partial charge in [-0.1, -0.05) is 13.8 Å². The van der Waals surface area contributed by atoms with Crippen molar-refractivity contribution in [3.05, 3.63) is 47.0 Å². The molecular formula is C21H29NO5S. The Kier molecular flexibility index (Phi) is 6.96. The van der Waals surface area contributed by atoms with Crippen molar-refractivity contribution in [2.75, 3.05) is 21.3 Å². The molecule has 0 saturated carbocycles. The SMILES string of the molecule is COc1ccc(OC)c(S(=O)(=O)N[C@H](C)c2cc(C(C)C)c(OC)cc2C)c1. The Hall–Kier alpha value is -2.25. The van der Waals surface area contributed by atoms with E-state index in [1.165, 1.54) is 20.3 Å². The molecule has 6 nitrogen and oxygen atoms in total.